The highest BCUT2D eigenvalue weighted by Crippen LogP contribution is 2.44. The third kappa shape index (κ3) is 10.0. The van der Waals surface area contributed by atoms with Gasteiger partial charge in [0.2, 0.25) is 11.8 Å². The standard InChI is InChI=1S/C40H44F2N8O3S.C12H12N4O2.C2H6.2H2/c1-39(42)9-3-13-46(22-39)21-33(51)47-15-10-40(11-16-47)23-49(24-40)28-7-5-26(6-8-28)27-18-29-30(31(41)19-27)20-50(37(29)53)35(36(52)45-38-43-12-17-54-38)34-32-4-2-14-48(32)25-44-34;1-15-9-5-3-2-4-8(9)11(14-15)16-7-6-10(17)13-12(16)18;1-2;;/h5-8,12,17-19,25,35H,2-4,9-11,13-16,20-24H2,1H3,(H,43,45,52);2-5H,6-7H2,1H3,(H,13,17,18);1-2H3;2*1H. The van der Waals surface area contributed by atoms with Gasteiger partial charge in [-0.25, -0.2) is 23.5 Å². The summed E-state index contributed by atoms with van der Waals surface area (Å²) in [6.45, 7) is 11.4. The van der Waals surface area contributed by atoms with Crippen LogP contribution in [0.25, 0.3) is 22.0 Å². The van der Waals surface area contributed by atoms with E-state index in [0.29, 0.717) is 54.7 Å². The SMILES string of the molecule is CC.CC1(F)CCCN(CC(=O)N2CCC3(CC2)CN(c2ccc(-c4cc(F)c5c(c4)C(=O)N(C(C(=O)Nc4nccs4)c4ncn6c4CCC6)C5)cc2)C3)C1.Cn1nc(N2CCC(=O)NC2=O)c2ccccc21.[HH].[HH]. The number of urea groups is 1. The molecule has 12 rings (SSSR count). The van der Waals surface area contributed by atoms with E-state index in [1.165, 1.54) is 27.2 Å². The van der Waals surface area contributed by atoms with E-state index < -0.39 is 35.4 Å². The number of rotatable bonds is 9. The molecule has 1 spiro atoms. The number of likely N-dealkylation sites (tertiary alicyclic amines) is 2. The Bertz CT molecular complexity index is 3100. The van der Waals surface area contributed by atoms with Gasteiger partial charge in [-0.1, -0.05) is 38.1 Å². The molecule has 2 N–H and O–H groups in total. The van der Waals surface area contributed by atoms with Crippen molar-refractivity contribution in [1.82, 2.24) is 44.3 Å². The van der Waals surface area contributed by atoms with Gasteiger partial charge in [0.05, 0.1) is 30.6 Å². The molecule has 9 heterocycles. The molecule has 0 aliphatic carbocycles. The number of benzene rings is 3. The van der Waals surface area contributed by atoms with Crippen LogP contribution in [0, 0.1) is 11.2 Å². The Morgan fingerprint density at radius 3 is 2.41 bits per heavy atom. The van der Waals surface area contributed by atoms with Gasteiger partial charge in [0.15, 0.2) is 17.0 Å². The average molecular weight is 1030 g/mol. The van der Waals surface area contributed by atoms with Gasteiger partial charge in [-0.2, -0.15) is 5.10 Å². The van der Waals surface area contributed by atoms with Crippen molar-refractivity contribution in [2.24, 2.45) is 12.5 Å². The number of aromatic nitrogens is 5. The minimum Gasteiger partial charge on any atom is -0.370 e. The summed E-state index contributed by atoms with van der Waals surface area (Å²) in [5.41, 5.74) is 4.35. The van der Waals surface area contributed by atoms with Gasteiger partial charge in [-0.05, 0) is 99.5 Å². The predicted molar refractivity (Wildman–Crippen MR) is 283 cm³/mol. The zero-order chi connectivity index (χ0) is 51.9. The van der Waals surface area contributed by atoms with Crippen LogP contribution in [0.15, 0.2) is 78.6 Å². The minimum atomic E-state index is -1.22. The number of halogens is 2. The molecular weight excluding hydrogens is 967 g/mol. The second kappa shape index (κ2) is 20.7. The molecule has 20 heteroatoms. The molecule has 392 valence electrons. The van der Waals surface area contributed by atoms with Crippen LogP contribution < -0.4 is 20.4 Å². The van der Waals surface area contributed by atoms with E-state index in [0.717, 1.165) is 99.2 Å². The zero-order valence-corrected chi connectivity index (χ0v) is 43.1. The molecule has 0 bridgehead atoms. The van der Waals surface area contributed by atoms with Crippen LogP contribution in [0.4, 0.5) is 30.2 Å². The van der Waals surface area contributed by atoms with Crippen LogP contribution in [0.5, 0.6) is 0 Å². The minimum absolute atomic E-state index is 0. The number of piperidine rings is 2. The maximum Gasteiger partial charge on any atom is 0.329 e. The Balaban J connectivity index is 0.000000293. The van der Waals surface area contributed by atoms with Crippen LogP contribution in [-0.4, -0.2) is 127 Å². The van der Waals surface area contributed by atoms with E-state index in [-0.39, 0.29) is 37.8 Å². The number of hydrogen-bond donors (Lipinski definition) is 2. The number of imide groups is 1. The maximum absolute atomic E-state index is 15.9. The van der Waals surface area contributed by atoms with Crippen molar-refractivity contribution in [3.63, 3.8) is 0 Å². The first kappa shape index (κ1) is 50.5. The van der Waals surface area contributed by atoms with Crippen molar-refractivity contribution in [1.29, 1.82) is 0 Å². The topological polar surface area (TPSA) is 174 Å². The molecule has 74 heavy (non-hydrogen) atoms. The lowest BCUT2D eigenvalue weighted by Crippen LogP contribution is -2.61. The molecule has 17 nitrogen and oxygen atoms in total. The number of hydrogen-bond acceptors (Lipinski definition) is 11. The smallest absolute Gasteiger partial charge is 0.329 e. The Kier molecular flexibility index (Phi) is 14.1. The highest BCUT2D eigenvalue weighted by Gasteiger charge is 2.46. The van der Waals surface area contributed by atoms with Gasteiger partial charge in [-0.3, -0.25) is 44.3 Å². The molecule has 6 amide bonds. The molecule has 2 atom stereocenters. The van der Waals surface area contributed by atoms with Crippen molar-refractivity contribution in [3.8, 4) is 11.1 Å². The molecule has 0 radical (unpaired) electrons. The van der Waals surface area contributed by atoms with Crippen molar-refractivity contribution >= 4 is 68.5 Å². The summed E-state index contributed by atoms with van der Waals surface area (Å²) in [7, 11) is 1.83. The lowest BCUT2D eigenvalue weighted by atomic mass is 9.71. The Morgan fingerprint density at radius 1 is 0.905 bits per heavy atom. The molecular formula is C54H66F2N12O5S. The number of aryl methyl sites for hydroxylation is 2. The predicted octanol–water partition coefficient (Wildman–Crippen LogP) is 8.22. The number of para-hydroxylation sites is 1. The summed E-state index contributed by atoms with van der Waals surface area (Å²) in [5, 5.41) is 12.6. The first-order chi connectivity index (χ1) is 35.7. The molecule has 6 aliphatic rings. The van der Waals surface area contributed by atoms with E-state index in [9.17, 15) is 28.4 Å². The van der Waals surface area contributed by atoms with E-state index >= 15 is 4.39 Å². The van der Waals surface area contributed by atoms with E-state index in [1.54, 1.807) is 35.6 Å². The highest BCUT2D eigenvalue weighted by atomic mass is 32.1. The van der Waals surface area contributed by atoms with Crippen LogP contribution >= 0.6 is 11.3 Å². The van der Waals surface area contributed by atoms with E-state index in [1.807, 2.05) is 83.8 Å². The lowest BCUT2D eigenvalue weighted by Gasteiger charge is -2.55. The molecule has 0 saturated carbocycles. The fourth-order valence-corrected chi connectivity index (χ4v) is 11.9. The summed E-state index contributed by atoms with van der Waals surface area (Å²) in [6.07, 6.45) is 8.54. The molecule has 6 aromatic rings. The number of fused-ring (bicyclic) bond motifs is 3. The van der Waals surface area contributed by atoms with Gasteiger partial charge in [-0.15, -0.1) is 11.3 Å². The third-order valence-corrected chi connectivity index (χ3v) is 15.9. The monoisotopic (exact) mass is 1030 g/mol. The summed E-state index contributed by atoms with van der Waals surface area (Å²) < 4.78 is 34.1. The Hall–Kier alpha value is -7.06. The number of carbonyl (C=O) groups is 5. The van der Waals surface area contributed by atoms with Gasteiger partial charge >= 0.3 is 6.03 Å². The normalized spacial score (nSPS) is 20.5. The Labute approximate surface area is 435 Å². The van der Waals surface area contributed by atoms with Crippen molar-refractivity contribution in [3.05, 3.63) is 107 Å². The van der Waals surface area contributed by atoms with Gasteiger partial charge in [0.25, 0.3) is 11.8 Å². The molecule has 3 aromatic carbocycles. The van der Waals surface area contributed by atoms with Crippen molar-refractivity contribution in [2.75, 3.05) is 67.5 Å². The number of nitrogens with zero attached hydrogens (tertiary/aromatic N) is 10. The maximum atomic E-state index is 15.9. The van der Waals surface area contributed by atoms with Gasteiger partial charge in [0.1, 0.15) is 11.5 Å². The molecule has 4 fully saturated rings. The first-order valence-corrected chi connectivity index (χ1v) is 26.5. The summed E-state index contributed by atoms with van der Waals surface area (Å²) >= 11 is 1.28. The second-order valence-electron chi connectivity index (χ2n) is 20.3. The zero-order valence-electron chi connectivity index (χ0n) is 42.3. The number of imidazole rings is 1. The highest BCUT2D eigenvalue weighted by molar-refractivity contribution is 7.13. The fraction of sp³-hybridized carbons (Fsp3) is 0.444. The van der Waals surface area contributed by atoms with Crippen molar-refractivity contribution in [2.45, 2.75) is 90.5 Å². The number of carbonyl (C=O) groups excluding carboxylic acids is 5. The number of anilines is 3. The Morgan fingerprint density at radius 2 is 1.68 bits per heavy atom. The lowest BCUT2D eigenvalue weighted by molar-refractivity contribution is -0.136. The summed E-state index contributed by atoms with van der Waals surface area (Å²) in [6, 6.07) is 17.4. The average Bonchev–Trinajstić information content (AvgIpc) is 4.27. The van der Waals surface area contributed by atoms with Gasteiger partial charge in [0, 0.05) is 107 Å². The molecule has 2 unspecified atom stereocenters. The first-order valence-electron chi connectivity index (χ1n) is 25.7. The van der Waals surface area contributed by atoms with E-state index in [4.69, 9.17) is 0 Å². The van der Waals surface area contributed by atoms with Gasteiger partial charge < -0.3 is 19.3 Å². The number of nitrogens with one attached hydrogen (secondary N) is 2. The number of thiazole rings is 1. The molecule has 4 saturated heterocycles. The number of alkyl halides is 1. The third-order valence-electron chi connectivity index (χ3n) is 15.2. The van der Waals surface area contributed by atoms with Crippen LogP contribution in [0.1, 0.15) is 95.5 Å². The molecule has 6 aliphatic heterocycles. The summed E-state index contributed by atoms with van der Waals surface area (Å²) in [4.78, 5) is 81.8. The van der Waals surface area contributed by atoms with Crippen LogP contribution in [0.3, 0.4) is 0 Å². The molecule has 3 aromatic heterocycles. The van der Waals surface area contributed by atoms with Crippen LogP contribution in [0.2, 0.25) is 0 Å². The largest absolute Gasteiger partial charge is 0.370 e. The van der Waals surface area contributed by atoms with E-state index in [2.05, 4.69) is 30.6 Å². The fourth-order valence-electron chi connectivity index (χ4n) is 11.4. The van der Waals surface area contributed by atoms with Crippen LogP contribution in [-0.2, 0) is 40.9 Å². The quantitative estimate of drug-likeness (QED) is 0.144. The second-order valence-corrected chi connectivity index (χ2v) is 21.1. The van der Waals surface area contributed by atoms with Crippen molar-refractivity contribution < 1.29 is 35.6 Å². The number of amides is 6. The summed E-state index contributed by atoms with van der Waals surface area (Å²) in [5.74, 6) is -0.862.